The molecule has 0 aliphatic rings. The maximum atomic E-state index is 4.11. The van der Waals surface area contributed by atoms with Crippen LogP contribution < -0.4 is 0 Å². The molecular weight excluding hydrogens is 186 g/mol. The second-order valence-electron chi connectivity index (χ2n) is 2.13. The molecule has 1 aromatic rings. The Balaban J connectivity index is 0.000000354. The first-order chi connectivity index (χ1) is 5.85. The predicted molar refractivity (Wildman–Crippen MR) is 59.6 cm³/mol. The van der Waals surface area contributed by atoms with Gasteiger partial charge in [0, 0.05) is 6.20 Å². The van der Waals surface area contributed by atoms with E-state index in [9.17, 15) is 0 Å². The Labute approximate surface area is 82.8 Å². The van der Waals surface area contributed by atoms with Crippen LogP contribution in [0.4, 0.5) is 0 Å². The van der Waals surface area contributed by atoms with Gasteiger partial charge in [-0.3, -0.25) is 0 Å². The van der Waals surface area contributed by atoms with Gasteiger partial charge in [0.15, 0.2) is 0 Å². The van der Waals surface area contributed by atoms with Crippen molar-refractivity contribution in [2.75, 3.05) is 6.26 Å². The van der Waals surface area contributed by atoms with Crippen LogP contribution in [0, 0.1) is 0 Å². The fraction of sp³-hybridized carbons (Fsp3) is 0.444. The molecule has 0 spiro atoms. The van der Waals surface area contributed by atoms with Gasteiger partial charge in [-0.25, -0.2) is 4.98 Å². The van der Waals surface area contributed by atoms with Crippen LogP contribution in [0.2, 0.25) is 0 Å². The van der Waals surface area contributed by atoms with Crippen LogP contribution in [-0.2, 0) is 0 Å². The molecule has 1 nitrogen and oxygen atoms in total. The zero-order valence-electron chi connectivity index (χ0n) is 7.78. The van der Waals surface area contributed by atoms with Crippen molar-refractivity contribution in [1.82, 2.24) is 4.98 Å². The van der Waals surface area contributed by atoms with Gasteiger partial charge in [0.05, 0.1) is 0 Å². The van der Waals surface area contributed by atoms with E-state index in [1.54, 1.807) is 27.8 Å². The van der Waals surface area contributed by atoms with Gasteiger partial charge < -0.3 is 0 Å². The van der Waals surface area contributed by atoms with Gasteiger partial charge in [-0.15, -0.1) is 0 Å². The molecule has 0 aliphatic carbocycles. The fourth-order valence-corrected chi connectivity index (χ4v) is 1.70. The second kappa shape index (κ2) is 8.94. The number of aromatic nitrogens is 1. The number of nitrogens with zero attached hydrogens (tertiary/aromatic N) is 1. The minimum absolute atomic E-state index is 1.07. The number of hydrogen-bond acceptors (Lipinski definition) is 3. The van der Waals surface area contributed by atoms with Gasteiger partial charge in [-0.1, -0.05) is 37.1 Å². The van der Waals surface area contributed by atoms with Crippen molar-refractivity contribution < 1.29 is 0 Å². The van der Waals surface area contributed by atoms with E-state index >= 15 is 0 Å². The topological polar surface area (TPSA) is 12.9 Å². The van der Waals surface area contributed by atoms with Gasteiger partial charge in [0.25, 0.3) is 0 Å². The molecular formula is C9H15NS2. The largest absolute Gasteiger partial charge is 0.249 e. The highest BCUT2D eigenvalue weighted by molar-refractivity contribution is 8.76. The van der Waals surface area contributed by atoms with Crippen LogP contribution in [0.25, 0.3) is 0 Å². The minimum Gasteiger partial charge on any atom is -0.249 e. The Hall–Kier alpha value is -0.150. The van der Waals surface area contributed by atoms with Crippen molar-refractivity contribution in [3.63, 3.8) is 0 Å². The fourth-order valence-electron chi connectivity index (χ4n) is 0.482. The van der Waals surface area contributed by atoms with E-state index in [0.29, 0.717) is 0 Å². The van der Waals surface area contributed by atoms with Gasteiger partial charge in [0.2, 0.25) is 0 Å². The summed E-state index contributed by atoms with van der Waals surface area (Å²) < 4.78 is 0. The highest BCUT2D eigenvalue weighted by atomic mass is 33.1. The molecule has 1 heterocycles. The van der Waals surface area contributed by atoms with Crippen molar-refractivity contribution in [2.45, 2.75) is 25.3 Å². The van der Waals surface area contributed by atoms with Crippen molar-refractivity contribution in [3.8, 4) is 0 Å². The monoisotopic (exact) mass is 201 g/mol. The quantitative estimate of drug-likeness (QED) is 0.674. The lowest BCUT2D eigenvalue weighted by Gasteiger charge is -1.91. The van der Waals surface area contributed by atoms with E-state index in [4.69, 9.17) is 0 Å². The molecule has 0 fully saturated rings. The van der Waals surface area contributed by atoms with Gasteiger partial charge in [-0.2, -0.15) is 0 Å². The lowest BCUT2D eigenvalue weighted by molar-refractivity contribution is 1.09. The Morgan fingerprint density at radius 2 is 2.00 bits per heavy atom. The standard InChI is InChI=1S/C6H7NS2.C3H8/c1-8-9-6-4-2-3-5-7-6;1-3-2/h2-5H,1H3;3H2,1-2H3. The van der Waals surface area contributed by atoms with Crippen LogP contribution in [-0.4, -0.2) is 11.2 Å². The van der Waals surface area contributed by atoms with Crippen molar-refractivity contribution in [1.29, 1.82) is 0 Å². The van der Waals surface area contributed by atoms with Gasteiger partial charge in [-0.05, 0) is 29.2 Å². The van der Waals surface area contributed by atoms with E-state index < -0.39 is 0 Å². The Bertz CT molecular complexity index is 177. The number of rotatable bonds is 2. The smallest absolute Gasteiger partial charge is 0.106 e. The molecule has 0 N–H and O–H groups in total. The average Bonchev–Trinajstić information content (AvgIpc) is 2.08. The Morgan fingerprint density at radius 1 is 1.33 bits per heavy atom. The maximum Gasteiger partial charge on any atom is 0.106 e. The van der Waals surface area contributed by atoms with Crippen molar-refractivity contribution >= 4 is 21.6 Å². The van der Waals surface area contributed by atoms with E-state index in [2.05, 4.69) is 18.8 Å². The lowest BCUT2D eigenvalue weighted by Crippen LogP contribution is -1.71. The summed E-state index contributed by atoms with van der Waals surface area (Å²) >= 11 is 0. The molecule has 0 saturated carbocycles. The molecule has 0 aliphatic heterocycles. The lowest BCUT2D eigenvalue weighted by atomic mass is 10.5. The summed E-state index contributed by atoms with van der Waals surface area (Å²) in [5.74, 6) is 0. The second-order valence-corrected chi connectivity index (χ2v) is 4.54. The molecule has 0 unspecified atom stereocenters. The van der Waals surface area contributed by atoms with Crippen LogP contribution >= 0.6 is 21.6 Å². The first-order valence-corrected chi connectivity index (χ1v) is 6.52. The third-order valence-corrected chi connectivity index (χ3v) is 2.40. The number of hydrogen-bond donors (Lipinski definition) is 0. The minimum atomic E-state index is 1.07. The third kappa shape index (κ3) is 6.55. The first kappa shape index (κ1) is 11.8. The molecule has 68 valence electrons. The summed E-state index contributed by atoms with van der Waals surface area (Å²) in [5, 5.41) is 1.07. The van der Waals surface area contributed by atoms with Gasteiger partial charge in [0.1, 0.15) is 5.03 Å². The Kier molecular flexibility index (Phi) is 8.83. The molecule has 0 amide bonds. The van der Waals surface area contributed by atoms with E-state index in [1.165, 1.54) is 6.42 Å². The summed E-state index contributed by atoms with van der Waals surface area (Å²) in [4.78, 5) is 4.11. The van der Waals surface area contributed by atoms with Crippen LogP contribution in [0.3, 0.4) is 0 Å². The van der Waals surface area contributed by atoms with E-state index in [1.807, 2.05) is 24.5 Å². The SMILES string of the molecule is CCC.CSSc1ccccn1. The zero-order valence-corrected chi connectivity index (χ0v) is 9.41. The van der Waals surface area contributed by atoms with Crippen LogP contribution in [0.15, 0.2) is 29.4 Å². The zero-order chi connectivity index (χ0) is 9.23. The molecule has 0 aromatic carbocycles. The molecule has 1 aromatic heterocycles. The molecule has 0 saturated heterocycles. The summed E-state index contributed by atoms with van der Waals surface area (Å²) in [6, 6.07) is 5.91. The van der Waals surface area contributed by atoms with Crippen LogP contribution in [0.5, 0.6) is 0 Å². The summed E-state index contributed by atoms with van der Waals surface area (Å²) in [6.45, 7) is 4.25. The molecule has 0 atom stereocenters. The highest BCUT2D eigenvalue weighted by Gasteiger charge is 1.87. The normalized spacial score (nSPS) is 8.58. The summed E-state index contributed by atoms with van der Waals surface area (Å²) in [6.07, 6.45) is 5.10. The van der Waals surface area contributed by atoms with Crippen molar-refractivity contribution in [2.24, 2.45) is 0 Å². The molecule has 0 bridgehead atoms. The maximum absolute atomic E-state index is 4.11. The Morgan fingerprint density at radius 3 is 2.42 bits per heavy atom. The number of pyridine rings is 1. The van der Waals surface area contributed by atoms with Gasteiger partial charge >= 0.3 is 0 Å². The molecule has 1 rings (SSSR count). The molecule has 3 heteroatoms. The predicted octanol–water partition coefficient (Wildman–Crippen LogP) is 3.87. The highest BCUT2D eigenvalue weighted by Crippen LogP contribution is 2.25. The third-order valence-electron chi connectivity index (χ3n) is 0.806. The summed E-state index contributed by atoms with van der Waals surface area (Å²) in [5.41, 5.74) is 0. The molecule has 0 radical (unpaired) electrons. The van der Waals surface area contributed by atoms with Crippen LogP contribution in [0.1, 0.15) is 20.3 Å². The van der Waals surface area contributed by atoms with E-state index in [-0.39, 0.29) is 0 Å². The van der Waals surface area contributed by atoms with E-state index in [0.717, 1.165) is 5.03 Å². The first-order valence-electron chi connectivity index (χ1n) is 3.96. The van der Waals surface area contributed by atoms with Crippen molar-refractivity contribution in [3.05, 3.63) is 24.4 Å². The molecule has 12 heavy (non-hydrogen) atoms. The summed E-state index contributed by atoms with van der Waals surface area (Å²) in [7, 11) is 3.39. The average molecular weight is 201 g/mol.